The Balaban J connectivity index is 1.98. The Kier molecular flexibility index (Phi) is 3.73. The third-order valence-electron chi connectivity index (χ3n) is 2.62. The van der Waals surface area contributed by atoms with Gasteiger partial charge < -0.3 is 0 Å². The number of fused-ring (bicyclic) bond motifs is 1. The van der Waals surface area contributed by atoms with Gasteiger partial charge in [-0.3, -0.25) is 0 Å². The van der Waals surface area contributed by atoms with E-state index in [1.165, 1.54) is 10.8 Å². The lowest BCUT2D eigenvalue weighted by molar-refractivity contribution is 1.03. The van der Waals surface area contributed by atoms with Gasteiger partial charge in [-0.15, -0.1) is 0 Å². The monoisotopic (exact) mass is 350 g/mol. The molecule has 5 heteroatoms. The van der Waals surface area contributed by atoms with Crippen LogP contribution in [0.25, 0.3) is 10.8 Å². The smallest absolute Gasteiger partial charge is 0.223 e. The van der Waals surface area contributed by atoms with Crippen LogP contribution in [0.1, 0.15) is 0 Å². The van der Waals surface area contributed by atoms with Gasteiger partial charge in [0, 0.05) is 11.1 Å². The number of nitrogens with zero attached hydrogens (tertiary/aromatic N) is 2. The van der Waals surface area contributed by atoms with Gasteiger partial charge in [-0.25, -0.2) is 9.97 Å². The fraction of sp³-hybridized carbons (Fsp3) is 0. The molecule has 19 heavy (non-hydrogen) atoms. The highest BCUT2D eigenvalue weighted by molar-refractivity contribution is 9.10. The Bertz CT molecular complexity index is 748. The summed E-state index contributed by atoms with van der Waals surface area (Å²) in [6, 6.07) is 14.6. The first-order valence-electron chi connectivity index (χ1n) is 5.57. The first-order chi connectivity index (χ1) is 9.22. The molecule has 0 fully saturated rings. The van der Waals surface area contributed by atoms with E-state index < -0.39 is 0 Å². The van der Waals surface area contributed by atoms with Crippen LogP contribution < -0.4 is 0 Å². The molecule has 2 nitrogen and oxygen atoms in total. The van der Waals surface area contributed by atoms with Crippen molar-refractivity contribution in [1.29, 1.82) is 0 Å². The normalized spacial score (nSPS) is 10.8. The third-order valence-corrected chi connectivity index (χ3v) is 4.64. The van der Waals surface area contributed by atoms with Crippen molar-refractivity contribution in [2.45, 2.75) is 9.92 Å². The highest BCUT2D eigenvalue weighted by atomic mass is 79.9. The molecule has 0 spiro atoms. The summed E-state index contributed by atoms with van der Waals surface area (Å²) in [4.78, 5) is 9.26. The molecule has 0 saturated carbocycles. The van der Waals surface area contributed by atoms with E-state index in [9.17, 15) is 0 Å². The van der Waals surface area contributed by atoms with Crippen LogP contribution in [-0.4, -0.2) is 9.97 Å². The molecule has 0 N–H and O–H groups in total. The molecule has 3 aromatic rings. The molecular formula is C14H8BrClN2S. The van der Waals surface area contributed by atoms with Crippen molar-refractivity contribution >= 4 is 50.1 Å². The van der Waals surface area contributed by atoms with E-state index in [0.717, 1.165) is 14.4 Å². The molecule has 0 saturated heterocycles. The molecule has 0 bridgehead atoms. The van der Waals surface area contributed by atoms with Gasteiger partial charge in [0.15, 0.2) is 0 Å². The molecular weight excluding hydrogens is 344 g/mol. The minimum absolute atomic E-state index is 0.256. The minimum atomic E-state index is 0.256. The SMILES string of the molecule is Clc1ncc(Br)c(Sc2ccc3ccccc3c2)n1. The van der Waals surface area contributed by atoms with Gasteiger partial charge in [0.05, 0.1) is 4.47 Å². The van der Waals surface area contributed by atoms with Gasteiger partial charge in [0.2, 0.25) is 5.28 Å². The Morgan fingerprint density at radius 1 is 1.05 bits per heavy atom. The summed E-state index contributed by atoms with van der Waals surface area (Å²) in [5.74, 6) is 0. The zero-order valence-corrected chi connectivity index (χ0v) is 12.8. The van der Waals surface area contributed by atoms with Gasteiger partial charge in [0.25, 0.3) is 0 Å². The van der Waals surface area contributed by atoms with Gasteiger partial charge in [-0.05, 0) is 50.4 Å². The number of hydrogen-bond acceptors (Lipinski definition) is 3. The lowest BCUT2D eigenvalue weighted by Crippen LogP contribution is -1.86. The first-order valence-corrected chi connectivity index (χ1v) is 7.56. The van der Waals surface area contributed by atoms with Gasteiger partial charge in [-0.2, -0.15) is 0 Å². The molecule has 2 aromatic carbocycles. The highest BCUT2D eigenvalue weighted by Crippen LogP contribution is 2.33. The standard InChI is InChI=1S/C14H8BrClN2S/c15-12-8-17-14(16)18-13(12)19-11-6-5-9-3-1-2-4-10(9)7-11/h1-8H. The van der Waals surface area contributed by atoms with Crippen LogP contribution in [0.4, 0.5) is 0 Å². The number of aromatic nitrogens is 2. The van der Waals surface area contributed by atoms with E-state index >= 15 is 0 Å². The summed E-state index contributed by atoms with van der Waals surface area (Å²) < 4.78 is 0.843. The van der Waals surface area contributed by atoms with E-state index in [0.29, 0.717) is 0 Å². The summed E-state index contributed by atoms with van der Waals surface area (Å²) in [6.07, 6.45) is 1.67. The second kappa shape index (κ2) is 5.49. The van der Waals surface area contributed by atoms with Crippen LogP contribution in [0.2, 0.25) is 5.28 Å². The topological polar surface area (TPSA) is 25.8 Å². The minimum Gasteiger partial charge on any atom is -0.225 e. The Hall–Kier alpha value is -1.10. The van der Waals surface area contributed by atoms with Crippen molar-refractivity contribution in [2.24, 2.45) is 0 Å². The van der Waals surface area contributed by atoms with Crippen LogP contribution in [0.15, 0.2) is 63.1 Å². The molecule has 0 aliphatic heterocycles. The van der Waals surface area contributed by atoms with Crippen LogP contribution in [0, 0.1) is 0 Å². The van der Waals surface area contributed by atoms with Crippen molar-refractivity contribution < 1.29 is 0 Å². The second-order valence-corrected chi connectivity index (χ2v) is 6.16. The maximum absolute atomic E-state index is 5.82. The maximum atomic E-state index is 5.82. The van der Waals surface area contributed by atoms with Gasteiger partial charge in [0.1, 0.15) is 5.03 Å². The second-order valence-electron chi connectivity index (χ2n) is 3.90. The van der Waals surface area contributed by atoms with E-state index in [-0.39, 0.29) is 5.28 Å². The highest BCUT2D eigenvalue weighted by Gasteiger charge is 2.06. The molecule has 94 valence electrons. The lowest BCUT2D eigenvalue weighted by Gasteiger charge is -2.05. The molecule has 0 unspecified atom stereocenters. The fourth-order valence-corrected chi connectivity index (χ4v) is 3.19. The van der Waals surface area contributed by atoms with E-state index in [1.54, 1.807) is 18.0 Å². The predicted octanol–water partition coefficient (Wildman–Crippen LogP) is 5.20. The molecule has 0 amide bonds. The summed E-state index contributed by atoms with van der Waals surface area (Å²) >= 11 is 10.8. The van der Waals surface area contributed by atoms with Crippen molar-refractivity contribution in [3.05, 3.63) is 58.4 Å². The summed E-state index contributed by atoms with van der Waals surface area (Å²) in [5.41, 5.74) is 0. The fourth-order valence-electron chi connectivity index (χ4n) is 1.75. The zero-order chi connectivity index (χ0) is 13.2. The number of benzene rings is 2. The molecule has 0 radical (unpaired) electrons. The Morgan fingerprint density at radius 2 is 1.84 bits per heavy atom. The Labute approximate surface area is 128 Å². The molecule has 0 aliphatic carbocycles. The van der Waals surface area contributed by atoms with Crippen LogP contribution >= 0.6 is 39.3 Å². The lowest BCUT2D eigenvalue weighted by atomic mass is 10.1. The average Bonchev–Trinajstić information content (AvgIpc) is 2.43. The predicted molar refractivity (Wildman–Crippen MR) is 82.8 cm³/mol. The van der Waals surface area contributed by atoms with Gasteiger partial charge >= 0.3 is 0 Å². The Morgan fingerprint density at radius 3 is 2.68 bits per heavy atom. The van der Waals surface area contributed by atoms with E-state index in [2.05, 4.69) is 56.2 Å². The van der Waals surface area contributed by atoms with Gasteiger partial charge in [-0.1, -0.05) is 42.1 Å². The average molecular weight is 352 g/mol. The van der Waals surface area contributed by atoms with E-state index in [4.69, 9.17) is 11.6 Å². The summed E-state index contributed by atoms with van der Waals surface area (Å²) in [7, 11) is 0. The summed E-state index contributed by atoms with van der Waals surface area (Å²) in [6.45, 7) is 0. The van der Waals surface area contributed by atoms with Crippen LogP contribution in [-0.2, 0) is 0 Å². The van der Waals surface area contributed by atoms with Crippen LogP contribution in [0.5, 0.6) is 0 Å². The molecule has 0 atom stereocenters. The van der Waals surface area contributed by atoms with Crippen molar-refractivity contribution in [3.8, 4) is 0 Å². The van der Waals surface area contributed by atoms with Crippen molar-refractivity contribution in [2.75, 3.05) is 0 Å². The quantitative estimate of drug-likeness (QED) is 0.469. The van der Waals surface area contributed by atoms with Crippen LogP contribution in [0.3, 0.4) is 0 Å². The zero-order valence-electron chi connectivity index (χ0n) is 9.68. The third kappa shape index (κ3) is 2.91. The van der Waals surface area contributed by atoms with Crippen molar-refractivity contribution in [3.63, 3.8) is 0 Å². The van der Waals surface area contributed by atoms with E-state index in [1.807, 2.05) is 12.1 Å². The maximum Gasteiger partial charge on any atom is 0.223 e. The molecule has 1 heterocycles. The first kappa shape index (κ1) is 12.9. The summed E-state index contributed by atoms with van der Waals surface area (Å²) in [5, 5.41) is 3.51. The number of hydrogen-bond donors (Lipinski definition) is 0. The number of rotatable bonds is 2. The number of halogens is 2. The largest absolute Gasteiger partial charge is 0.225 e. The van der Waals surface area contributed by atoms with Crippen molar-refractivity contribution in [1.82, 2.24) is 9.97 Å². The molecule has 1 aromatic heterocycles. The molecule has 0 aliphatic rings. The molecule has 3 rings (SSSR count).